The Morgan fingerprint density at radius 1 is 1.40 bits per heavy atom. The maximum Gasteiger partial charge on any atom is 0.242 e. The molecule has 0 aromatic heterocycles. The third-order valence-corrected chi connectivity index (χ3v) is 3.76. The summed E-state index contributed by atoms with van der Waals surface area (Å²) in [5.41, 5.74) is 7.87. The minimum Gasteiger partial charge on any atom is -0.357 e. The van der Waals surface area contributed by atoms with Crippen molar-refractivity contribution in [1.82, 2.24) is 5.32 Å². The highest BCUT2D eigenvalue weighted by atomic mass is 16.2. The highest BCUT2D eigenvalue weighted by molar-refractivity contribution is 5.85. The van der Waals surface area contributed by atoms with E-state index in [4.69, 9.17) is 5.73 Å². The molecule has 1 aliphatic rings. The number of amides is 1. The van der Waals surface area contributed by atoms with Gasteiger partial charge < -0.3 is 16.0 Å². The van der Waals surface area contributed by atoms with Crippen LogP contribution in [0.2, 0.25) is 0 Å². The lowest BCUT2D eigenvalue weighted by Gasteiger charge is -2.30. The molecule has 1 saturated carbocycles. The van der Waals surface area contributed by atoms with Crippen LogP contribution < -0.4 is 16.0 Å². The van der Waals surface area contributed by atoms with E-state index >= 15 is 0 Å². The van der Waals surface area contributed by atoms with Crippen molar-refractivity contribution in [3.05, 3.63) is 29.8 Å². The van der Waals surface area contributed by atoms with Crippen molar-refractivity contribution in [2.45, 2.75) is 51.7 Å². The summed E-state index contributed by atoms with van der Waals surface area (Å²) in [6.07, 6.45) is 3.31. The van der Waals surface area contributed by atoms with Gasteiger partial charge in [-0.15, -0.1) is 0 Å². The molecule has 0 aliphatic heterocycles. The Morgan fingerprint density at radius 3 is 2.55 bits per heavy atom. The molecular weight excluding hydrogens is 250 g/mol. The van der Waals surface area contributed by atoms with E-state index in [1.807, 2.05) is 19.1 Å². The number of nitrogens with two attached hydrogens (primary N) is 1. The highest BCUT2D eigenvalue weighted by Crippen LogP contribution is 2.33. The smallest absolute Gasteiger partial charge is 0.242 e. The highest BCUT2D eigenvalue weighted by Gasteiger charge is 2.35. The zero-order valence-electron chi connectivity index (χ0n) is 12.4. The fourth-order valence-electron chi connectivity index (χ4n) is 2.43. The van der Waals surface area contributed by atoms with Crippen molar-refractivity contribution < 1.29 is 4.79 Å². The van der Waals surface area contributed by atoms with Crippen LogP contribution in [0.5, 0.6) is 0 Å². The Labute approximate surface area is 121 Å². The summed E-state index contributed by atoms with van der Waals surface area (Å²) in [6.45, 7) is 5.35. The molecule has 1 aromatic carbocycles. The molecule has 1 unspecified atom stereocenters. The van der Waals surface area contributed by atoms with Gasteiger partial charge >= 0.3 is 0 Å². The molecule has 0 bridgehead atoms. The van der Waals surface area contributed by atoms with Gasteiger partial charge in [-0.3, -0.25) is 4.79 Å². The second kappa shape index (κ2) is 6.75. The molecule has 0 radical (unpaired) electrons. The minimum atomic E-state index is -0.127. The van der Waals surface area contributed by atoms with Crippen LogP contribution in [0.3, 0.4) is 0 Å². The van der Waals surface area contributed by atoms with Gasteiger partial charge in [0, 0.05) is 24.8 Å². The molecular formula is C16H25N3O. The van der Waals surface area contributed by atoms with Gasteiger partial charge in [0.2, 0.25) is 5.91 Å². The lowest BCUT2D eigenvalue weighted by atomic mass is 10.1. The lowest BCUT2D eigenvalue weighted by Crippen LogP contribution is -2.46. The van der Waals surface area contributed by atoms with Gasteiger partial charge in [0.25, 0.3) is 0 Å². The maximum atomic E-state index is 12.2. The normalized spacial score (nSPS) is 15.8. The number of carbonyl (C=O) groups excluding carboxylic acids is 1. The Hall–Kier alpha value is -1.55. The van der Waals surface area contributed by atoms with Crippen molar-refractivity contribution in [2.75, 3.05) is 11.4 Å². The molecule has 1 aromatic rings. The average molecular weight is 275 g/mol. The molecule has 0 spiro atoms. The van der Waals surface area contributed by atoms with Gasteiger partial charge in [-0.25, -0.2) is 0 Å². The second-order valence-electron chi connectivity index (χ2n) is 5.48. The van der Waals surface area contributed by atoms with Crippen molar-refractivity contribution in [1.29, 1.82) is 0 Å². The number of nitrogens with zero attached hydrogens (tertiary/aromatic N) is 1. The fourth-order valence-corrected chi connectivity index (χ4v) is 2.43. The van der Waals surface area contributed by atoms with Gasteiger partial charge in [-0.1, -0.05) is 19.1 Å². The van der Waals surface area contributed by atoms with Crippen LogP contribution in [0, 0.1) is 0 Å². The van der Waals surface area contributed by atoms with Crippen molar-refractivity contribution in [3.63, 3.8) is 0 Å². The Kier molecular flexibility index (Phi) is 5.01. The first kappa shape index (κ1) is 14.9. The van der Waals surface area contributed by atoms with E-state index < -0.39 is 0 Å². The average Bonchev–Trinajstić information content (AvgIpc) is 3.30. The van der Waals surface area contributed by atoms with Crippen LogP contribution in [0.15, 0.2) is 24.3 Å². The Bertz CT molecular complexity index is 440. The standard InChI is InChI=1S/C16H25N3O/c1-3-10-18-16(20)12(2)19(15-8-9-15)14-6-4-13(11-17)5-7-14/h4-7,12,15H,3,8-11,17H2,1-2H3,(H,18,20). The maximum absolute atomic E-state index is 12.2. The molecule has 4 heteroatoms. The monoisotopic (exact) mass is 275 g/mol. The summed E-state index contributed by atoms with van der Waals surface area (Å²) in [5.74, 6) is 0.113. The Morgan fingerprint density at radius 2 is 2.05 bits per heavy atom. The predicted molar refractivity (Wildman–Crippen MR) is 82.6 cm³/mol. The van der Waals surface area contributed by atoms with E-state index in [9.17, 15) is 4.79 Å². The summed E-state index contributed by atoms with van der Waals surface area (Å²) in [5, 5.41) is 2.99. The molecule has 1 aliphatic carbocycles. The van der Waals surface area contributed by atoms with Crippen LogP contribution in [0.25, 0.3) is 0 Å². The third kappa shape index (κ3) is 3.51. The first-order chi connectivity index (χ1) is 9.67. The molecule has 1 atom stereocenters. The molecule has 4 nitrogen and oxygen atoms in total. The molecule has 2 rings (SSSR count). The first-order valence-corrected chi connectivity index (χ1v) is 7.52. The summed E-state index contributed by atoms with van der Waals surface area (Å²) in [6, 6.07) is 8.61. The molecule has 110 valence electrons. The van der Waals surface area contributed by atoms with E-state index in [1.165, 1.54) is 12.8 Å². The van der Waals surface area contributed by atoms with Crippen LogP contribution in [0.1, 0.15) is 38.7 Å². The zero-order chi connectivity index (χ0) is 14.5. The molecule has 3 N–H and O–H groups in total. The minimum absolute atomic E-state index is 0.113. The largest absolute Gasteiger partial charge is 0.357 e. The van der Waals surface area contributed by atoms with Crippen LogP contribution >= 0.6 is 0 Å². The fraction of sp³-hybridized carbons (Fsp3) is 0.562. The van der Waals surface area contributed by atoms with Crippen molar-refractivity contribution >= 4 is 11.6 Å². The molecule has 1 amide bonds. The number of rotatable bonds is 7. The summed E-state index contributed by atoms with van der Waals surface area (Å²) < 4.78 is 0. The number of nitrogens with one attached hydrogen (secondary N) is 1. The molecule has 20 heavy (non-hydrogen) atoms. The molecule has 0 heterocycles. The van der Waals surface area contributed by atoms with E-state index in [1.54, 1.807) is 0 Å². The number of anilines is 1. The number of hydrogen-bond acceptors (Lipinski definition) is 3. The van der Waals surface area contributed by atoms with E-state index in [-0.39, 0.29) is 11.9 Å². The number of hydrogen-bond donors (Lipinski definition) is 2. The third-order valence-electron chi connectivity index (χ3n) is 3.76. The van der Waals surface area contributed by atoms with Crippen molar-refractivity contribution in [3.8, 4) is 0 Å². The van der Waals surface area contributed by atoms with Crippen molar-refractivity contribution in [2.24, 2.45) is 5.73 Å². The quantitative estimate of drug-likeness (QED) is 0.800. The number of benzene rings is 1. The van der Waals surface area contributed by atoms with Gasteiger partial charge in [-0.05, 0) is 43.9 Å². The predicted octanol–water partition coefficient (Wildman–Crippen LogP) is 2.03. The van der Waals surface area contributed by atoms with E-state index in [0.717, 1.165) is 24.2 Å². The lowest BCUT2D eigenvalue weighted by molar-refractivity contribution is -0.122. The van der Waals surface area contributed by atoms with Gasteiger partial charge in [-0.2, -0.15) is 0 Å². The van der Waals surface area contributed by atoms with Crippen LogP contribution in [-0.2, 0) is 11.3 Å². The SMILES string of the molecule is CCCNC(=O)C(C)N(c1ccc(CN)cc1)C1CC1. The molecule has 0 saturated heterocycles. The van der Waals surface area contributed by atoms with Crippen LogP contribution in [0.4, 0.5) is 5.69 Å². The topological polar surface area (TPSA) is 58.4 Å². The Balaban J connectivity index is 2.11. The summed E-state index contributed by atoms with van der Waals surface area (Å²) in [7, 11) is 0. The first-order valence-electron chi connectivity index (χ1n) is 7.52. The zero-order valence-corrected chi connectivity index (χ0v) is 12.4. The van der Waals surface area contributed by atoms with Gasteiger partial charge in [0.1, 0.15) is 6.04 Å². The summed E-state index contributed by atoms with van der Waals surface area (Å²) in [4.78, 5) is 14.4. The molecule has 1 fully saturated rings. The van der Waals surface area contributed by atoms with E-state index in [2.05, 4.69) is 29.3 Å². The second-order valence-corrected chi connectivity index (χ2v) is 5.48. The number of carbonyl (C=O) groups is 1. The van der Waals surface area contributed by atoms with Gasteiger partial charge in [0.05, 0.1) is 0 Å². The van der Waals surface area contributed by atoms with Gasteiger partial charge in [0.15, 0.2) is 0 Å². The van der Waals surface area contributed by atoms with Crippen LogP contribution in [-0.4, -0.2) is 24.5 Å². The van der Waals surface area contributed by atoms with E-state index in [0.29, 0.717) is 12.6 Å². The summed E-state index contributed by atoms with van der Waals surface area (Å²) >= 11 is 0.